The molecule has 1 aromatic heterocycles. The van der Waals surface area contributed by atoms with Gasteiger partial charge in [0, 0.05) is 18.1 Å². The van der Waals surface area contributed by atoms with E-state index < -0.39 is 0 Å². The molecule has 1 N–H and O–H groups in total. The van der Waals surface area contributed by atoms with Crippen molar-refractivity contribution in [3.63, 3.8) is 0 Å². The summed E-state index contributed by atoms with van der Waals surface area (Å²) in [5.41, 5.74) is 0. The smallest absolute Gasteiger partial charge is 0.109 e. The van der Waals surface area contributed by atoms with Crippen molar-refractivity contribution in [3.05, 3.63) is 16.6 Å². The van der Waals surface area contributed by atoms with Crippen LogP contribution in [0.15, 0.2) is 11.6 Å². The summed E-state index contributed by atoms with van der Waals surface area (Å²) in [7, 11) is 0. The van der Waals surface area contributed by atoms with Crippen molar-refractivity contribution in [1.82, 2.24) is 10.3 Å². The van der Waals surface area contributed by atoms with E-state index in [4.69, 9.17) is 4.74 Å². The summed E-state index contributed by atoms with van der Waals surface area (Å²) in [5.74, 6) is 0. The van der Waals surface area contributed by atoms with Crippen molar-refractivity contribution in [1.29, 1.82) is 0 Å². The lowest BCUT2D eigenvalue weighted by Gasteiger charge is -2.22. The van der Waals surface area contributed by atoms with Gasteiger partial charge in [0.05, 0.1) is 18.8 Å². The predicted octanol–water partition coefficient (Wildman–Crippen LogP) is 3.14. The van der Waals surface area contributed by atoms with Gasteiger partial charge in [-0.3, -0.25) is 0 Å². The molecule has 1 heterocycles. The zero-order chi connectivity index (χ0) is 11.9. The van der Waals surface area contributed by atoms with Gasteiger partial charge in [-0.15, -0.1) is 11.3 Å². The first-order valence-corrected chi connectivity index (χ1v) is 7.48. The maximum absolute atomic E-state index is 5.87. The molecule has 1 fully saturated rings. The molecular formula is C13H22N2OS. The largest absolute Gasteiger partial charge is 0.377 e. The Morgan fingerprint density at radius 3 is 3.00 bits per heavy atom. The van der Waals surface area contributed by atoms with Crippen LogP contribution in [0.1, 0.15) is 50.1 Å². The molecule has 0 saturated heterocycles. The SMILES string of the molecule is CC(NCCOC1CCCCC1)c1nccs1. The second-order valence-corrected chi connectivity index (χ2v) is 5.60. The van der Waals surface area contributed by atoms with Gasteiger partial charge in [-0.2, -0.15) is 0 Å². The highest BCUT2D eigenvalue weighted by Gasteiger charge is 2.13. The fourth-order valence-electron chi connectivity index (χ4n) is 2.27. The van der Waals surface area contributed by atoms with Gasteiger partial charge in [0.15, 0.2) is 0 Å². The van der Waals surface area contributed by atoms with Crippen LogP contribution in [0.2, 0.25) is 0 Å². The van der Waals surface area contributed by atoms with Crippen LogP contribution >= 0.6 is 11.3 Å². The summed E-state index contributed by atoms with van der Waals surface area (Å²) in [5, 5.41) is 6.62. The highest BCUT2D eigenvalue weighted by Crippen LogP contribution is 2.20. The third-order valence-corrected chi connectivity index (χ3v) is 4.24. The lowest BCUT2D eigenvalue weighted by molar-refractivity contribution is 0.0295. The number of ether oxygens (including phenoxy) is 1. The van der Waals surface area contributed by atoms with E-state index in [1.54, 1.807) is 11.3 Å². The molecule has 0 radical (unpaired) electrons. The minimum Gasteiger partial charge on any atom is -0.377 e. The molecule has 96 valence electrons. The highest BCUT2D eigenvalue weighted by atomic mass is 32.1. The number of rotatable bonds is 6. The van der Waals surface area contributed by atoms with Gasteiger partial charge in [0.2, 0.25) is 0 Å². The van der Waals surface area contributed by atoms with Crippen molar-refractivity contribution >= 4 is 11.3 Å². The Kier molecular flexibility index (Phi) is 5.42. The van der Waals surface area contributed by atoms with Crippen LogP contribution in [0.4, 0.5) is 0 Å². The first-order chi connectivity index (χ1) is 8.36. The van der Waals surface area contributed by atoms with Crippen LogP contribution < -0.4 is 5.32 Å². The van der Waals surface area contributed by atoms with E-state index in [0.29, 0.717) is 12.1 Å². The second kappa shape index (κ2) is 7.09. The van der Waals surface area contributed by atoms with E-state index in [1.165, 1.54) is 32.1 Å². The lowest BCUT2D eigenvalue weighted by atomic mass is 9.98. The zero-order valence-electron chi connectivity index (χ0n) is 10.5. The Balaban J connectivity index is 1.56. The van der Waals surface area contributed by atoms with Crippen molar-refractivity contribution in [3.8, 4) is 0 Å². The molecule has 3 nitrogen and oxygen atoms in total. The number of nitrogens with one attached hydrogen (secondary N) is 1. The Hall–Kier alpha value is -0.450. The average Bonchev–Trinajstić information content (AvgIpc) is 2.89. The van der Waals surface area contributed by atoms with Gasteiger partial charge in [0.25, 0.3) is 0 Å². The summed E-state index contributed by atoms with van der Waals surface area (Å²) in [6, 6.07) is 0.338. The minimum absolute atomic E-state index is 0.338. The summed E-state index contributed by atoms with van der Waals surface area (Å²) < 4.78 is 5.87. The second-order valence-electron chi connectivity index (χ2n) is 4.68. The van der Waals surface area contributed by atoms with Crippen LogP contribution in [0.25, 0.3) is 0 Å². The molecule has 4 heteroatoms. The fraction of sp³-hybridized carbons (Fsp3) is 0.769. The molecule has 0 aromatic carbocycles. The maximum Gasteiger partial charge on any atom is 0.109 e. The molecule has 1 atom stereocenters. The van der Waals surface area contributed by atoms with E-state index in [1.807, 2.05) is 11.6 Å². The molecule has 1 aliphatic carbocycles. The Morgan fingerprint density at radius 1 is 1.47 bits per heavy atom. The summed E-state index contributed by atoms with van der Waals surface area (Å²) in [6.45, 7) is 3.89. The zero-order valence-corrected chi connectivity index (χ0v) is 11.3. The van der Waals surface area contributed by atoms with E-state index in [-0.39, 0.29) is 0 Å². The predicted molar refractivity (Wildman–Crippen MR) is 71.4 cm³/mol. The minimum atomic E-state index is 0.338. The number of hydrogen-bond donors (Lipinski definition) is 1. The van der Waals surface area contributed by atoms with Gasteiger partial charge in [0.1, 0.15) is 5.01 Å². The molecule has 1 aliphatic rings. The van der Waals surface area contributed by atoms with Crippen molar-refractivity contribution in [2.24, 2.45) is 0 Å². The van der Waals surface area contributed by atoms with E-state index in [0.717, 1.165) is 18.2 Å². The van der Waals surface area contributed by atoms with E-state index >= 15 is 0 Å². The monoisotopic (exact) mass is 254 g/mol. The van der Waals surface area contributed by atoms with E-state index in [2.05, 4.69) is 17.2 Å². The quantitative estimate of drug-likeness (QED) is 0.792. The molecule has 0 amide bonds. The Bertz CT molecular complexity index is 296. The summed E-state index contributed by atoms with van der Waals surface area (Å²) in [4.78, 5) is 4.30. The van der Waals surface area contributed by atoms with Crippen LogP contribution in [0.3, 0.4) is 0 Å². The third kappa shape index (κ3) is 4.37. The van der Waals surface area contributed by atoms with Crippen LogP contribution in [0, 0.1) is 0 Å². The van der Waals surface area contributed by atoms with E-state index in [9.17, 15) is 0 Å². The highest BCUT2D eigenvalue weighted by molar-refractivity contribution is 7.09. The van der Waals surface area contributed by atoms with Crippen LogP contribution in [-0.4, -0.2) is 24.2 Å². The first-order valence-electron chi connectivity index (χ1n) is 6.60. The number of hydrogen-bond acceptors (Lipinski definition) is 4. The fourth-order valence-corrected chi connectivity index (χ4v) is 2.94. The van der Waals surface area contributed by atoms with Gasteiger partial charge in [-0.1, -0.05) is 19.3 Å². The number of nitrogens with zero attached hydrogens (tertiary/aromatic N) is 1. The number of aromatic nitrogens is 1. The van der Waals surface area contributed by atoms with Gasteiger partial charge >= 0.3 is 0 Å². The Labute approximate surface area is 108 Å². The number of thiazole rings is 1. The standard InChI is InChI=1S/C13H22N2OS/c1-11(13-15-8-10-17-13)14-7-9-16-12-5-3-2-4-6-12/h8,10-12,14H,2-7,9H2,1H3. The third-order valence-electron chi connectivity index (χ3n) is 3.28. The van der Waals surface area contributed by atoms with Gasteiger partial charge < -0.3 is 10.1 Å². The lowest BCUT2D eigenvalue weighted by Crippen LogP contribution is -2.26. The molecule has 0 bridgehead atoms. The van der Waals surface area contributed by atoms with Crippen molar-refractivity contribution < 1.29 is 4.74 Å². The molecule has 2 rings (SSSR count). The topological polar surface area (TPSA) is 34.1 Å². The maximum atomic E-state index is 5.87. The first kappa shape index (κ1) is 13.0. The Morgan fingerprint density at radius 2 is 2.29 bits per heavy atom. The molecular weight excluding hydrogens is 232 g/mol. The van der Waals surface area contributed by atoms with Crippen molar-refractivity contribution in [2.45, 2.75) is 51.2 Å². The van der Waals surface area contributed by atoms with Crippen molar-refractivity contribution in [2.75, 3.05) is 13.2 Å². The van der Waals surface area contributed by atoms with Crippen LogP contribution in [0.5, 0.6) is 0 Å². The summed E-state index contributed by atoms with van der Waals surface area (Å²) >= 11 is 1.70. The molecule has 1 saturated carbocycles. The molecule has 17 heavy (non-hydrogen) atoms. The molecule has 1 unspecified atom stereocenters. The average molecular weight is 254 g/mol. The van der Waals surface area contributed by atoms with Crippen LogP contribution in [-0.2, 0) is 4.74 Å². The molecule has 0 spiro atoms. The normalized spacial score (nSPS) is 19.4. The molecule has 0 aliphatic heterocycles. The van der Waals surface area contributed by atoms with Gasteiger partial charge in [-0.05, 0) is 19.8 Å². The summed E-state index contributed by atoms with van der Waals surface area (Å²) in [6.07, 6.45) is 8.95. The molecule has 1 aromatic rings. The van der Waals surface area contributed by atoms with Gasteiger partial charge in [-0.25, -0.2) is 4.98 Å².